The van der Waals surface area contributed by atoms with Gasteiger partial charge >= 0.3 is 0 Å². The lowest BCUT2D eigenvalue weighted by Gasteiger charge is -2.47. The number of thioether (sulfide) groups is 1. The van der Waals surface area contributed by atoms with Gasteiger partial charge in [0.15, 0.2) is 12.6 Å². The highest BCUT2D eigenvalue weighted by molar-refractivity contribution is 7.99. The third-order valence-corrected chi connectivity index (χ3v) is 4.93. The van der Waals surface area contributed by atoms with Crippen LogP contribution in [0.25, 0.3) is 0 Å². The Kier molecular flexibility index (Phi) is 4.83. The van der Waals surface area contributed by atoms with E-state index >= 15 is 0 Å². The van der Waals surface area contributed by atoms with E-state index in [9.17, 15) is 5.11 Å². The molecule has 0 amide bonds. The Morgan fingerprint density at radius 1 is 1.24 bits per heavy atom. The zero-order valence-electron chi connectivity index (χ0n) is 12.0. The first kappa shape index (κ1) is 15.3. The van der Waals surface area contributed by atoms with Gasteiger partial charge in [-0.15, -0.1) is 0 Å². The normalized spacial score (nSPS) is 39.8. The average Bonchev–Trinajstić information content (AvgIpc) is 2.55. The molecule has 1 unspecified atom stereocenters. The van der Waals surface area contributed by atoms with Gasteiger partial charge in [-0.05, 0) is 6.26 Å². The SMILES string of the molecule is CO[C@H]1O[C@@H]2COC(c3ccccc3)O[C@H]2[C@@H](O)[C@@H]1SC. The molecule has 1 aromatic rings. The molecule has 2 fully saturated rings. The van der Waals surface area contributed by atoms with Crippen molar-refractivity contribution in [1.29, 1.82) is 0 Å². The maximum atomic E-state index is 10.6. The van der Waals surface area contributed by atoms with E-state index in [-0.39, 0.29) is 11.4 Å². The predicted molar refractivity (Wildman–Crippen MR) is 79.0 cm³/mol. The fourth-order valence-corrected chi connectivity index (χ4v) is 3.62. The van der Waals surface area contributed by atoms with Crippen molar-refractivity contribution >= 4 is 11.8 Å². The summed E-state index contributed by atoms with van der Waals surface area (Å²) in [4.78, 5) is 0. The summed E-state index contributed by atoms with van der Waals surface area (Å²) in [5, 5.41) is 10.4. The molecule has 1 aromatic carbocycles. The van der Waals surface area contributed by atoms with Crippen molar-refractivity contribution in [2.45, 2.75) is 36.1 Å². The standard InChI is InChI=1S/C15H20O5S/c1-17-15-13(21-2)11(16)12-10(19-15)8-18-14(20-12)9-6-4-3-5-7-9/h3-7,10-16H,8H2,1-2H3/t10-,11-,12-,13+,14?,15+/m1/s1. The quantitative estimate of drug-likeness (QED) is 0.914. The second-order valence-electron chi connectivity index (χ2n) is 5.15. The lowest BCUT2D eigenvalue weighted by Crippen LogP contribution is -2.61. The van der Waals surface area contributed by atoms with Crippen molar-refractivity contribution in [1.82, 2.24) is 0 Å². The molecule has 2 heterocycles. The van der Waals surface area contributed by atoms with Crippen LogP contribution in [0.1, 0.15) is 11.9 Å². The van der Waals surface area contributed by atoms with E-state index in [1.807, 2.05) is 36.6 Å². The molecule has 0 aromatic heterocycles. The summed E-state index contributed by atoms with van der Waals surface area (Å²) in [5.41, 5.74) is 0.942. The Labute approximate surface area is 128 Å². The van der Waals surface area contributed by atoms with Crippen molar-refractivity contribution < 1.29 is 24.1 Å². The van der Waals surface area contributed by atoms with Crippen LogP contribution in [0.15, 0.2) is 30.3 Å². The predicted octanol–water partition coefficient (Wildman–Crippen LogP) is 1.56. The lowest BCUT2D eigenvalue weighted by molar-refractivity contribution is -0.332. The Morgan fingerprint density at radius 2 is 2.00 bits per heavy atom. The molecule has 2 aliphatic rings. The number of hydrogen-bond acceptors (Lipinski definition) is 6. The lowest BCUT2D eigenvalue weighted by atomic mass is 10.00. The number of rotatable bonds is 3. The molecular formula is C15H20O5S. The highest BCUT2D eigenvalue weighted by Gasteiger charge is 2.49. The maximum Gasteiger partial charge on any atom is 0.184 e. The minimum Gasteiger partial charge on any atom is -0.389 e. The van der Waals surface area contributed by atoms with Crippen molar-refractivity contribution in [3.8, 4) is 0 Å². The molecule has 2 saturated heterocycles. The van der Waals surface area contributed by atoms with Crippen LogP contribution in [0, 0.1) is 0 Å². The van der Waals surface area contributed by atoms with Gasteiger partial charge in [0.1, 0.15) is 12.2 Å². The summed E-state index contributed by atoms with van der Waals surface area (Å²) in [6, 6.07) is 9.72. The summed E-state index contributed by atoms with van der Waals surface area (Å²) in [6.07, 6.45) is -0.360. The molecule has 21 heavy (non-hydrogen) atoms. The van der Waals surface area contributed by atoms with Crippen LogP contribution in [0.2, 0.25) is 0 Å². The van der Waals surface area contributed by atoms with E-state index < -0.39 is 24.8 Å². The number of hydrogen-bond donors (Lipinski definition) is 1. The molecule has 0 saturated carbocycles. The molecule has 1 N–H and O–H groups in total. The first-order valence-corrected chi connectivity index (χ1v) is 8.24. The van der Waals surface area contributed by atoms with Gasteiger partial charge in [0.2, 0.25) is 0 Å². The van der Waals surface area contributed by atoms with Gasteiger partial charge in [0.25, 0.3) is 0 Å². The first-order valence-electron chi connectivity index (χ1n) is 6.95. The van der Waals surface area contributed by atoms with Gasteiger partial charge in [-0.1, -0.05) is 30.3 Å². The van der Waals surface area contributed by atoms with Gasteiger partial charge in [-0.2, -0.15) is 11.8 Å². The van der Waals surface area contributed by atoms with Crippen LogP contribution < -0.4 is 0 Å². The van der Waals surface area contributed by atoms with Crippen LogP contribution >= 0.6 is 11.8 Å². The number of aliphatic hydroxyl groups is 1. The largest absolute Gasteiger partial charge is 0.389 e. The monoisotopic (exact) mass is 312 g/mol. The molecule has 0 aliphatic carbocycles. The van der Waals surface area contributed by atoms with Gasteiger partial charge in [-0.3, -0.25) is 0 Å². The number of methoxy groups -OCH3 is 1. The van der Waals surface area contributed by atoms with Crippen molar-refractivity contribution in [2.75, 3.05) is 20.0 Å². The molecule has 0 bridgehead atoms. The van der Waals surface area contributed by atoms with E-state index in [1.165, 1.54) is 11.8 Å². The highest BCUT2D eigenvalue weighted by atomic mass is 32.2. The molecule has 6 atom stereocenters. The smallest absolute Gasteiger partial charge is 0.184 e. The average molecular weight is 312 g/mol. The number of fused-ring (bicyclic) bond motifs is 1. The third kappa shape index (κ3) is 2.97. The van der Waals surface area contributed by atoms with Crippen LogP contribution in [0.5, 0.6) is 0 Å². The fraction of sp³-hybridized carbons (Fsp3) is 0.600. The van der Waals surface area contributed by atoms with Crippen molar-refractivity contribution in [3.05, 3.63) is 35.9 Å². The fourth-order valence-electron chi connectivity index (χ4n) is 2.79. The Hall–Kier alpha value is -0.630. The van der Waals surface area contributed by atoms with Crippen LogP contribution in [0.4, 0.5) is 0 Å². The Bertz CT molecular complexity index is 457. The van der Waals surface area contributed by atoms with Gasteiger partial charge < -0.3 is 24.1 Å². The van der Waals surface area contributed by atoms with E-state index in [2.05, 4.69) is 0 Å². The molecule has 5 nitrogen and oxygen atoms in total. The zero-order valence-corrected chi connectivity index (χ0v) is 12.9. The molecule has 3 rings (SSSR count). The molecular weight excluding hydrogens is 292 g/mol. The minimum atomic E-state index is -0.654. The second kappa shape index (κ2) is 6.64. The summed E-state index contributed by atoms with van der Waals surface area (Å²) in [6.45, 7) is 0.377. The summed E-state index contributed by atoms with van der Waals surface area (Å²) >= 11 is 1.52. The first-order chi connectivity index (χ1) is 10.2. The summed E-state index contributed by atoms with van der Waals surface area (Å²) in [7, 11) is 1.58. The van der Waals surface area contributed by atoms with E-state index in [0.29, 0.717) is 6.61 Å². The van der Waals surface area contributed by atoms with E-state index in [4.69, 9.17) is 18.9 Å². The van der Waals surface area contributed by atoms with Crippen LogP contribution in [0.3, 0.4) is 0 Å². The molecule has 6 heteroatoms. The van der Waals surface area contributed by atoms with Crippen molar-refractivity contribution in [3.63, 3.8) is 0 Å². The van der Waals surface area contributed by atoms with Crippen molar-refractivity contribution in [2.24, 2.45) is 0 Å². The Balaban J connectivity index is 1.75. The Morgan fingerprint density at radius 3 is 2.67 bits per heavy atom. The third-order valence-electron chi connectivity index (χ3n) is 3.89. The molecule has 2 aliphatic heterocycles. The zero-order chi connectivity index (χ0) is 14.8. The van der Waals surface area contributed by atoms with Gasteiger partial charge in [0.05, 0.1) is 18.0 Å². The summed E-state index contributed by atoms with van der Waals surface area (Å²) in [5.74, 6) is 0. The van der Waals surface area contributed by atoms with Crippen LogP contribution in [-0.4, -0.2) is 54.9 Å². The van der Waals surface area contributed by atoms with E-state index in [1.54, 1.807) is 7.11 Å². The highest BCUT2D eigenvalue weighted by Crippen LogP contribution is 2.37. The van der Waals surface area contributed by atoms with Gasteiger partial charge in [0, 0.05) is 12.7 Å². The van der Waals surface area contributed by atoms with Crippen LogP contribution in [-0.2, 0) is 18.9 Å². The van der Waals surface area contributed by atoms with Gasteiger partial charge in [-0.25, -0.2) is 0 Å². The number of benzene rings is 1. The summed E-state index contributed by atoms with van der Waals surface area (Å²) < 4.78 is 22.8. The minimum absolute atomic E-state index is 0.175. The topological polar surface area (TPSA) is 57.2 Å². The molecule has 116 valence electrons. The molecule has 0 spiro atoms. The maximum absolute atomic E-state index is 10.6. The van der Waals surface area contributed by atoms with E-state index in [0.717, 1.165) is 5.56 Å². The number of aliphatic hydroxyl groups excluding tert-OH is 1. The molecule has 0 radical (unpaired) electrons. The number of ether oxygens (including phenoxy) is 4. The second-order valence-corrected chi connectivity index (χ2v) is 6.16.